The lowest BCUT2D eigenvalue weighted by molar-refractivity contribution is -0.145. The van der Waals surface area contributed by atoms with Crippen molar-refractivity contribution in [2.75, 3.05) is 6.61 Å². The first kappa shape index (κ1) is 14.5. The van der Waals surface area contributed by atoms with E-state index >= 15 is 0 Å². The zero-order chi connectivity index (χ0) is 13.4. The maximum atomic E-state index is 11.0. The number of carbonyl (C=O) groups is 1. The van der Waals surface area contributed by atoms with Gasteiger partial charge in [-0.05, 0) is 37.0 Å². The number of aliphatic hydroxyl groups excluding tert-OH is 1. The molecule has 4 nitrogen and oxygen atoms in total. The Morgan fingerprint density at radius 3 is 2.50 bits per heavy atom. The van der Waals surface area contributed by atoms with Crippen molar-refractivity contribution >= 4 is 5.97 Å². The van der Waals surface area contributed by atoms with E-state index in [2.05, 4.69) is 0 Å². The summed E-state index contributed by atoms with van der Waals surface area (Å²) in [6.45, 7) is 2.12. The average Bonchev–Trinajstić information content (AvgIpc) is 2.36. The monoisotopic (exact) mass is 252 g/mol. The summed E-state index contributed by atoms with van der Waals surface area (Å²) in [5.74, 6) is -0.372. The topological polar surface area (TPSA) is 66.8 Å². The zero-order valence-electron chi connectivity index (χ0n) is 10.6. The molecule has 0 radical (unpaired) electrons. The summed E-state index contributed by atoms with van der Waals surface area (Å²) in [5.41, 5.74) is 1.00. The third-order valence-electron chi connectivity index (χ3n) is 2.70. The molecule has 1 aromatic carbocycles. The van der Waals surface area contributed by atoms with Crippen molar-refractivity contribution in [1.29, 1.82) is 0 Å². The van der Waals surface area contributed by atoms with Crippen LogP contribution in [0.2, 0.25) is 0 Å². The van der Waals surface area contributed by atoms with E-state index in [9.17, 15) is 4.79 Å². The van der Waals surface area contributed by atoms with Gasteiger partial charge in [0.1, 0.15) is 5.75 Å². The van der Waals surface area contributed by atoms with Gasteiger partial charge in [0.2, 0.25) is 0 Å². The Bertz CT molecular complexity index is 359. The summed E-state index contributed by atoms with van der Waals surface area (Å²) in [4.78, 5) is 11.0. The molecule has 18 heavy (non-hydrogen) atoms. The Hall–Kier alpha value is -1.55. The molecule has 0 aliphatic heterocycles. The molecule has 1 rings (SSSR count). The van der Waals surface area contributed by atoms with Crippen molar-refractivity contribution in [3.8, 4) is 5.75 Å². The predicted molar refractivity (Wildman–Crippen MR) is 68.8 cm³/mol. The van der Waals surface area contributed by atoms with E-state index in [4.69, 9.17) is 14.9 Å². The van der Waals surface area contributed by atoms with Crippen molar-refractivity contribution in [1.82, 2.24) is 0 Å². The Kier molecular flexibility index (Phi) is 6.22. The second-order valence-corrected chi connectivity index (χ2v) is 4.20. The maximum absolute atomic E-state index is 11.0. The van der Waals surface area contributed by atoms with Gasteiger partial charge >= 0.3 is 5.97 Å². The van der Waals surface area contributed by atoms with Gasteiger partial charge in [-0.1, -0.05) is 25.5 Å². The third kappa shape index (κ3) is 4.75. The third-order valence-corrected chi connectivity index (χ3v) is 2.70. The molecule has 1 atom stereocenters. The number of hydrogen-bond donors (Lipinski definition) is 2. The molecule has 0 spiro atoms. The van der Waals surface area contributed by atoms with Crippen LogP contribution in [0.5, 0.6) is 5.75 Å². The summed E-state index contributed by atoms with van der Waals surface area (Å²) in [7, 11) is 0. The first-order valence-corrected chi connectivity index (χ1v) is 6.26. The predicted octanol–water partition coefficient (Wildman–Crippen LogP) is 2.24. The molecule has 0 amide bonds. The lowest BCUT2D eigenvalue weighted by atomic mass is 10.1. The van der Waals surface area contributed by atoms with Crippen LogP contribution < -0.4 is 4.74 Å². The number of rotatable bonds is 8. The minimum Gasteiger partial charge on any atom is -0.479 e. The molecular formula is C14H20O4. The van der Waals surface area contributed by atoms with Gasteiger partial charge in [0.05, 0.1) is 0 Å². The molecular weight excluding hydrogens is 232 g/mol. The minimum absolute atomic E-state index is 0.106. The van der Waals surface area contributed by atoms with Gasteiger partial charge in [-0.3, -0.25) is 0 Å². The number of carboxylic acid groups (broad SMARTS) is 1. The summed E-state index contributed by atoms with van der Waals surface area (Å²) in [6, 6.07) is 7.16. The lowest BCUT2D eigenvalue weighted by Gasteiger charge is -2.15. The highest BCUT2D eigenvalue weighted by Gasteiger charge is 2.18. The SMILES string of the molecule is CCCCC(Oc1ccc(CCO)cc1)C(=O)O. The number of benzene rings is 1. The van der Waals surface area contributed by atoms with E-state index < -0.39 is 12.1 Å². The first-order valence-electron chi connectivity index (χ1n) is 6.26. The van der Waals surface area contributed by atoms with Crippen LogP contribution in [-0.2, 0) is 11.2 Å². The largest absolute Gasteiger partial charge is 0.479 e. The first-order chi connectivity index (χ1) is 8.67. The molecule has 1 aromatic rings. The number of hydrogen-bond acceptors (Lipinski definition) is 3. The molecule has 0 saturated heterocycles. The highest BCUT2D eigenvalue weighted by molar-refractivity contribution is 5.72. The minimum atomic E-state index is -0.928. The molecule has 100 valence electrons. The maximum Gasteiger partial charge on any atom is 0.344 e. The van der Waals surface area contributed by atoms with Gasteiger partial charge in [0.25, 0.3) is 0 Å². The van der Waals surface area contributed by atoms with Gasteiger partial charge in [-0.25, -0.2) is 4.79 Å². The Morgan fingerprint density at radius 2 is 2.00 bits per heavy atom. The van der Waals surface area contributed by atoms with Crippen LogP contribution in [0.4, 0.5) is 0 Å². The molecule has 0 aliphatic carbocycles. The van der Waals surface area contributed by atoms with Crippen LogP contribution in [0.25, 0.3) is 0 Å². The van der Waals surface area contributed by atoms with Gasteiger partial charge in [0.15, 0.2) is 6.10 Å². The van der Waals surface area contributed by atoms with Crippen LogP contribution in [-0.4, -0.2) is 28.9 Å². The zero-order valence-corrected chi connectivity index (χ0v) is 10.6. The van der Waals surface area contributed by atoms with Crippen molar-refractivity contribution in [2.45, 2.75) is 38.7 Å². The summed E-state index contributed by atoms with van der Waals surface area (Å²) >= 11 is 0. The van der Waals surface area contributed by atoms with Crippen LogP contribution in [0, 0.1) is 0 Å². The van der Waals surface area contributed by atoms with Gasteiger partial charge in [0, 0.05) is 6.61 Å². The second-order valence-electron chi connectivity index (χ2n) is 4.20. The van der Waals surface area contributed by atoms with Crippen molar-refractivity contribution in [3.63, 3.8) is 0 Å². The molecule has 0 saturated carbocycles. The number of carboxylic acids is 1. The van der Waals surface area contributed by atoms with Crippen LogP contribution in [0.1, 0.15) is 31.7 Å². The van der Waals surface area contributed by atoms with Crippen molar-refractivity contribution in [2.24, 2.45) is 0 Å². The van der Waals surface area contributed by atoms with Crippen LogP contribution in [0.15, 0.2) is 24.3 Å². The fourth-order valence-corrected chi connectivity index (χ4v) is 1.65. The number of ether oxygens (including phenoxy) is 1. The molecule has 0 bridgehead atoms. The fraction of sp³-hybridized carbons (Fsp3) is 0.500. The smallest absolute Gasteiger partial charge is 0.344 e. The molecule has 2 N–H and O–H groups in total. The Morgan fingerprint density at radius 1 is 1.33 bits per heavy atom. The number of unbranched alkanes of at least 4 members (excludes halogenated alkanes) is 1. The van der Waals surface area contributed by atoms with E-state index in [-0.39, 0.29) is 6.61 Å². The van der Waals surface area contributed by atoms with E-state index in [1.807, 2.05) is 19.1 Å². The number of aliphatic carboxylic acids is 1. The molecule has 0 fully saturated rings. The summed E-state index contributed by atoms with van der Waals surface area (Å²) in [6.07, 6.45) is 2.11. The fourth-order valence-electron chi connectivity index (χ4n) is 1.65. The van der Waals surface area contributed by atoms with E-state index in [0.29, 0.717) is 18.6 Å². The summed E-state index contributed by atoms with van der Waals surface area (Å²) in [5, 5.41) is 17.8. The second kappa shape index (κ2) is 7.71. The van der Waals surface area contributed by atoms with E-state index in [1.54, 1.807) is 12.1 Å². The number of aliphatic hydroxyl groups is 1. The molecule has 0 aliphatic rings. The summed E-state index contributed by atoms with van der Waals surface area (Å²) < 4.78 is 5.45. The van der Waals surface area contributed by atoms with Crippen LogP contribution >= 0.6 is 0 Å². The molecule has 1 unspecified atom stereocenters. The highest BCUT2D eigenvalue weighted by atomic mass is 16.5. The average molecular weight is 252 g/mol. The van der Waals surface area contributed by atoms with Crippen molar-refractivity contribution < 1.29 is 19.7 Å². The Balaban J connectivity index is 2.60. The van der Waals surface area contributed by atoms with Crippen LogP contribution in [0.3, 0.4) is 0 Å². The molecule has 4 heteroatoms. The Labute approximate surface area is 107 Å². The van der Waals surface area contributed by atoms with Gasteiger partial charge in [-0.15, -0.1) is 0 Å². The van der Waals surface area contributed by atoms with E-state index in [0.717, 1.165) is 18.4 Å². The van der Waals surface area contributed by atoms with Crippen molar-refractivity contribution in [3.05, 3.63) is 29.8 Å². The quantitative estimate of drug-likeness (QED) is 0.744. The van der Waals surface area contributed by atoms with E-state index in [1.165, 1.54) is 0 Å². The highest BCUT2D eigenvalue weighted by Crippen LogP contribution is 2.16. The van der Waals surface area contributed by atoms with Gasteiger partial charge in [-0.2, -0.15) is 0 Å². The standard InChI is InChI=1S/C14H20O4/c1-2-3-4-13(14(16)17)18-12-7-5-11(6-8-12)9-10-15/h5-8,13,15H,2-4,9-10H2,1H3,(H,16,17). The molecule has 0 aromatic heterocycles. The molecule has 0 heterocycles. The normalized spacial score (nSPS) is 12.1. The van der Waals surface area contributed by atoms with Gasteiger partial charge < -0.3 is 14.9 Å². The lowest BCUT2D eigenvalue weighted by Crippen LogP contribution is -2.26.